The van der Waals surface area contributed by atoms with Crippen molar-refractivity contribution in [1.29, 1.82) is 0 Å². The van der Waals surface area contributed by atoms with Gasteiger partial charge in [0.15, 0.2) is 0 Å². The van der Waals surface area contributed by atoms with Crippen molar-refractivity contribution in [2.24, 2.45) is 0 Å². The second-order valence-electron chi connectivity index (χ2n) is 7.35. The van der Waals surface area contributed by atoms with E-state index in [-0.39, 0.29) is 18.8 Å². The number of ether oxygens (including phenoxy) is 2. The molecule has 5 heteroatoms. The van der Waals surface area contributed by atoms with E-state index < -0.39 is 0 Å². The number of rotatable bonds is 6. The van der Waals surface area contributed by atoms with E-state index in [0.717, 1.165) is 28.0 Å². The van der Waals surface area contributed by atoms with Crippen molar-refractivity contribution in [2.45, 2.75) is 39.1 Å². The van der Waals surface area contributed by atoms with Crippen LogP contribution in [0.3, 0.4) is 0 Å². The number of benzene rings is 2. The summed E-state index contributed by atoms with van der Waals surface area (Å²) in [5.41, 5.74) is 5.40. The summed E-state index contributed by atoms with van der Waals surface area (Å²) in [6.45, 7) is 3.78. The number of hydrogen-bond donors (Lipinski definition) is 2. The Balaban J connectivity index is 1.92. The molecule has 2 aromatic carbocycles. The van der Waals surface area contributed by atoms with Gasteiger partial charge in [0, 0.05) is 11.1 Å². The average Bonchev–Trinajstić information content (AvgIpc) is 2.70. The van der Waals surface area contributed by atoms with Crippen LogP contribution < -0.4 is 9.47 Å². The van der Waals surface area contributed by atoms with Gasteiger partial charge in [0.1, 0.15) is 17.1 Å². The molecule has 28 heavy (non-hydrogen) atoms. The van der Waals surface area contributed by atoms with Crippen LogP contribution in [0.25, 0.3) is 11.6 Å². The normalized spacial score (nSPS) is 15.1. The molecule has 3 rings (SSSR count). The summed E-state index contributed by atoms with van der Waals surface area (Å²) < 4.78 is 13.5. The average molecular weight is 492 g/mol. The predicted molar refractivity (Wildman–Crippen MR) is 121 cm³/mol. The smallest absolute Gasteiger partial charge is 0.127 e. The van der Waals surface area contributed by atoms with E-state index in [4.69, 9.17) is 9.47 Å². The molecule has 1 aliphatic rings. The van der Waals surface area contributed by atoms with Crippen molar-refractivity contribution in [3.63, 3.8) is 0 Å². The Bertz CT molecular complexity index is 903. The molecule has 0 unspecified atom stereocenters. The monoisotopic (exact) mass is 492 g/mol. The van der Waals surface area contributed by atoms with E-state index in [1.165, 1.54) is 0 Å². The molecule has 0 spiro atoms. The van der Waals surface area contributed by atoms with Crippen LogP contribution in [0.1, 0.15) is 41.7 Å². The van der Waals surface area contributed by atoms with Crippen LogP contribution in [0, 0.1) is 0 Å². The molecule has 0 amide bonds. The Morgan fingerprint density at radius 3 is 2.61 bits per heavy atom. The maximum Gasteiger partial charge on any atom is 0.127 e. The van der Waals surface area contributed by atoms with Crippen LogP contribution in [-0.2, 0) is 19.6 Å². The minimum absolute atomic E-state index is 0.139. The number of aliphatic hydroxyl groups is 2. The zero-order valence-corrected chi connectivity index (χ0v) is 18.5. The molecule has 4 nitrogen and oxygen atoms in total. The highest BCUT2D eigenvalue weighted by molar-refractivity contribution is 14.1. The van der Waals surface area contributed by atoms with Crippen LogP contribution in [0.4, 0.5) is 0 Å². The minimum Gasteiger partial charge on any atom is -0.496 e. The highest BCUT2D eigenvalue weighted by Crippen LogP contribution is 2.34. The third-order valence-electron chi connectivity index (χ3n) is 4.85. The molecule has 2 N–H and O–H groups in total. The van der Waals surface area contributed by atoms with Gasteiger partial charge >= 0.3 is 0 Å². The lowest BCUT2D eigenvalue weighted by atomic mass is 9.94. The first kappa shape index (κ1) is 20.9. The number of halogens is 1. The van der Waals surface area contributed by atoms with Crippen molar-refractivity contribution in [1.82, 2.24) is 0 Å². The van der Waals surface area contributed by atoms with Crippen molar-refractivity contribution in [3.05, 3.63) is 68.3 Å². The lowest BCUT2D eigenvalue weighted by Gasteiger charge is -2.28. The van der Waals surface area contributed by atoms with Crippen LogP contribution in [-0.4, -0.2) is 22.9 Å². The zero-order valence-electron chi connectivity index (χ0n) is 16.3. The quantitative estimate of drug-likeness (QED) is 0.565. The van der Waals surface area contributed by atoms with Crippen LogP contribution in [0.2, 0.25) is 0 Å². The molecule has 0 saturated heterocycles. The Morgan fingerprint density at radius 1 is 1.18 bits per heavy atom. The Morgan fingerprint density at radius 2 is 1.96 bits per heavy atom. The summed E-state index contributed by atoms with van der Waals surface area (Å²) in [5.74, 6) is 1.49. The van der Waals surface area contributed by atoms with Crippen molar-refractivity contribution >= 4 is 34.2 Å². The van der Waals surface area contributed by atoms with Gasteiger partial charge in [-0.2, -0.15) is 0 Å². The van der Waals surface area contributed by atoms with E-state index in [0.29, 0.717) is 23.3 Å². The molecule has 148 valence electrons. The molecule has 0 saturated carbocycles. The fraction of sp³-hybridized carbons (Fsp3) is 0.304. The van der Waals surface area contributed by atoms with Gasteiger partial charge in [-0.15, -0.1) is 0 Å². The van der Waals surface area contributed by atoms with E-state index in [9.17, 15) is 10.2 Å². The first-order chi connectivity index (χ1) is 13.4. The first-order valence-corrected chi connectivity index (χ1v) is 10.4. The summed E-state index contributed by atoms with van der Waals surface area (Å²) in [6.07, 6.45) is 4.86. The standard InChI is InChI=1S/C23H25IO4/c1-23(2)7-6-17-11-16(4-5-21(17)28-23)18(12-24)8-15-9-19(13-25)20(14-26)22(10-15)27-3/h4-7,9-12,25-26H,8,13-14H2,1-3H3. The van der Waals surface area contributed by atoms with Gasteiger partial charge in [-0.1, -0.05) is 40.8 Å². The van der Waals surface area contributed by atoms with Gasteiger partial charge in [0.25, 0.3) is 0 Å². The second kappa shape index (κ2) is 8.68. The molecule has 0 aromatic heterocycles. The zero-order chi connectivity index (χ0) is 20.3. The Kier molecular flexibility index (Phi) is 6.47. The Hall–Kier alpha value is -1.83. The third kappa shape index (κ3) is 4.42. The molecule has 1 heterocycles. The number of methoxy groups -OCH3 is 1. The Labute approximate surface area is 179 Å². The first-order valence-electron chi connectivity index (χ1n) is 9.13. The fourth-order valence-corrected chi connectivity index (χ4v) is 3.95. The van der Waals surface area contributed by atoms with Crippen molar-refractivity contribution < 1.29 is 19.7 Å². The number of allylic oxidation sites excluding steroid dienone is 1. The molecule has 0 radical (unpaired) electrons. The highest BCUT2D eigenvalue weighted by Gasteiger charge is 2.22. The summed E-state index contributed by atoms with van der Waals surface area (Å²) in [5, 5.41) is 19.3. The molecule has 0 fully saturated rings. The minimum atomic E-state index is -0.290. The molecule has 0 atom stereocenters. The van der Waals surface area contributed by atoms with Gasteiger partial charge in [-0.25, -0.2) is 0 Å². The van der Waals surface area contributed by atoms with Crippen LogP contribution in [0.5, 0.6) is 11.5 Å². The summed E-state index contributed by atoms with van der Waals surface area (Å²) >= 11 is 2.26. The van der Waals surface area contributed by atoms with Crippen LogP contribution >= 0.6 is 22.6 Å². The molecular weight excluding hydrogens is 467 g/mol. The van der Waals surface area contributed by atoms with E-state index >= 15 is 0 Å². The van der Waals surface area contributed by atoms with Gasteiger partial charge in [-0.05, 0) is 70.9 Å². The molecule has 1 aliphatic heterocycles. The van der Waals surface area contributed by atoms with Crippen LogP contribution in [0.15, 0.2) is 40.5 Å². The SMILES string of the molecule is COc1cc(CC(=CI)c2ccc3c(c2)C=CC(C)(C)O3)cc(CO)c1CO. The third-order valence-corrected chi connectivity index (χ3v) is 5.61. The molecule has 0 aliphatic carbocycles. The lowest BCUT2D eigenvalue weighted by Crippen LogP contribution is -2.27. The van der Waals surface area contributed by atoms with Gasteiger partial charge < -0.3 is 19.7 Å². The maximum absolute atomic E-state index is 9.67. The fourth-order valence-electron chi connectivity index (χ4n) is 3.37. The largest absolute Gasteiger partial charge is 0.496 e. The number of fused-ring (bicyclic) bond motifs is 1. The number of hydrogen-bond acceptors (Lipinski definition) is 4. The van der Waals surface area contributed by atoms with E-state index in [1.54, 1.807) is 7.11 Å². The van der Waals surface area contributed by atoms with Gasteiger partial charge in [0.05, 0.1) is 20.3 Å². The lowest BCUT2D eigenvalue weighted by molar-refractivity contribution is 0.159. The number of aliphatic hydroxyl groups excluding tert-OH is 2. The van der Waals surface area contributed by atoms with Gasteiger partial charge in [-0.3, -0.25) is 0 Å². The van der Waals surface area contributed by atoms with Crippen molar-refractivity contribution in [3.8, 4) is 11.5 Å². The second-order valence-corrected chi connectivity index (χ2v) is 7.98. The van der Waals surface area contributed by atoms with Crippen molar-refractivity contribution in [2.75, 3.05) is 7.11 Å². The summed E-state index contributed by atoms with van der Waals surface area (Å²) in [7, 11) is 1.58. The van der Waals surface area contributed by atoms with Gasteiger partial charge in [0.2, 0.25) is 0 Å². The molecular formula is C23H25IO4. The van der Waals surface area contributed by atoms with E-state index in [1.807, 2.05) is 32.0 Å². The predicted octanol–water partition coefficient (Wildman–Crippen LogP) is 4.88. The summed E-state index contributed by atoms with van der Waals surface area (Å²) in [4.78, 5) is 0. The van der Waals surface area contributed by atoms with E-state index in [2.05, 4.69) is 51.0 Å². The highest BCUT2D eigenvalue weighted by atomic mass is 127. The topological polar surface area (TPSA) is 58.9 Å². The molecule has 2 aromatic rings. The summed E-state index contributed by atoms with van der Waals surface area (Å²) in [6, 6.07) is 10.1. The maximum atomic E-state index is 9.67. The molecule has 0 bridgehead atoms.